The molecule has 0 radical (unpaired) electrons. The lowest BCUT2D eigenvalue weighted by Crippen LogP contribution is -2.58. The number of rotatable bonds is 15. The maximum Gasteiger partial charge on any atom is 0.326 e. The molecule has 0 bridgehead atoms. The Kier molecular flexibility index (Phi) is 12.6. The third-order valence-corrected chi connectivity index (χ3v) is 4.47. The summed E-state index contributed by atoms with van der Waals surface area (Å²) in [4.78, 5) is 70.8. The molecule has 0 saturated carbocycles. The summed E-state index contributed by atoms with van der Waals surface area (Å²) < 4.78 is 0. The Morgan fingerprint density at radius 2 is 1.30 bits per heavy atom. The topological polar surface area (TPSA) is 251 Å². The number of carboxylic acid groups (broad SMARTS) is 2. The molecule has 0 aromatic carbocycles. The van der Waals surface area contributed by atoms with E-state index in [1.807, 2.05) is 5.32 Å². The predicted molar refractivity (Wildman–Crippen MR) is 113 cm³/mol. The number of aliphatic carboxylic acids is 2. The fourth-order valence-electron chi connectivity index (χ4n) is 2.66. The molecule has 10 N–H and O–H groups in total. The number of aliphatic hydroxyl groups is 1. The van der Waals surface area contributed by atoms with Gasteiger partial charge in [0.1, 0.15) is 24.2 Å². The van der Waals surface area contributed by atoms with Crippen LogP contribution in [0.15, 0.2) is 0 Å². The van der Waals surface area contributed by atoms with E-state index in [1.54, 1.807) is 13.8 Å². The van der Waals surface area contributed by atoms with Crippen LogP contribution in [0.5, 0.6) is 0 Å². The van der Waals surface area contributed by atoms with Crippen molar-refractivity contribution in [2.45, 2.75) is 76.7 Å². The van der Waals surface area contributed by atoms with Gasteiger partial charge in [-0.15, -0.1) is 0 Å². The molecular formula is C19H33N5O9. The lowest BCUT2D eigenvalue weighted by molar-refractivity contribution is -0.147. The SMILES string of the molecule is CC(C)CC(NC(=O)C(N)C(C)O)C(=O)NC(CCC(N)=O)C(=O)NC(CC(=O)O)C(=O)O. The molecule has 0 fully saturated rings. The highest BCUT2D eigenvalue weighted by Gasteiger charge is 2.32. The third-order valence-electron chi connectivity index (χ3n) is 4.47. The zero-order valence-electron chi connectivity index (χ0n) is 18.7. The normalized spacial score (nSPS) is 15.5. The average Bonchev–Trinajstić information content (AvgIpc) is 2.67. The van der Waals surface area contributed by atoms with Crippen LogP contribution in [-0.4, -0.2) is 81.2 Å². The van der Waals surface area contributed by atoms with Crippen LogP contribution in [0.4, 0.5) is 0 Å². The largest absolute Gasteiger partial charge is 0.481 e. The highest BCUT2D eigenvalue weighted by atomic mass is 16.4. The van der Waals surface area contributed by atoms with Gasteiger partial charge in [0.2, 0.25) is 23.6 Å². The van der Waals surface area contributed by atoms with Crippen LogP contribution in [0.25, 0.3) is 0 Å². The van der Waals surface area contributed by atoms with Gasteiger partial charge in [0.25, 0.3) is 0 Å². The molecule has 0 aliphatic heterocycles. The molecule has 0 rings (SSSR count). The second-order valence-electron chi connectivity index (χ2n) is 8.02. The van der Waals surface area contributed by atoms with Crippen molar-refractivity contribution in [3.8, 4) is 0 Å². The molecule has 0 aliphatic rings. The van der Waals surface area contributed by atoms with Gasteiger partial charge in [-0.2, -0.15) is 0 Å². The summed E-state index contributed by atoms with van der Waals surface area (Å²) in [6.45, 7) is 4.82. The Bertz CT molecular complexity index is 741. The van der Waals surface area contributed by atoms with E-state index in [2.05, 4.69) is 10.6 Å². The minimum Gasteiger partial charge on any atom is -0.481 e. The van der Waals surface area contributed by atoms with Crippen LogP contribution in [0.3, 0.4) is 0 Å². The lowest BCUT2D eigenvalue weighted by atomic mass is 10.0. The molecule has 5 unspecified atom stereocenters. The molecule has 0 aromatic heterocycles. The van der Waals surface area contributed by atoms with Gasteiger partial charge in [-0.3, -0.25) is 24.0 Å². The van der Waals surface area contributed by atoms with E-state index in [0.717, 1.165) is 0 Å². The minimum atomic E-state index is -1.78. The molecule has 0 spiro atoms. The summed E-state index contributed by atoms with van der Waals surface area (Å²) in [5, 5.41) is 34.1. The van der Waals surface area contributed by atoms with E-state index < -0.39 is 72.3 Å². The molecular weight excluding hydrogens is 442 g/mol. The van der Waals surface area contributed by atoms with E-state index >= 15 is 0 Å². The van der Waals surface area contributed by atoms with E-state index in [0.29, 0.717) is 0 Å². The monoisotopic (exact) mass is 475 g/mol. The van der Waals surface area contributed by atoms with Gasteiger partial charge < -0.3 is 42.7 Å². The number of amides is 4. The van der Waals surface area contributed by atoms with Crippen LogP contribution in [-0.2, 0) is 28.8 Å². The number of carbonyl (C=O) groups excluding carboxylic acids is 4. The van der Waals surface area contributed by atoms with Crippen LogP contribution >= 0.6 is 0 Å². The maximum atomic E-state index is 12.8. The first-order valence-corrected chi connectivity index (χ1v) is 10.2. The quantitative estimate of drug-likeness (QED) is 0.119. The zero-order chi connectivity index (χ0) is 25.9. The van der Waals surface area contributed by atoms with Crippen molar-refractivity contribution in [1.29, 1.82) is 0 Å². The fourth-order valence-corrected chi connectivity index (χ4v) is 2.66. The van der Waals surface area contributed by atoms with Crippen molar-refractivity contribution >= 4 is 35.6 Å². The highest BCUT2D eigenvalue weighted by Crippen LogP contribution is 2.08. The summed E-state index contributed by atoms with van der Waals surface area (Å²) in [5.41, 5.74) is 10.7. The molecule has 188 valence electrons. The van der Waals surface area contributed by atoms with Crippen LogP contribution in [0.1, 0.15) is 46.5 Å². The van der Waals surface area contributed by atoms with Gasteiger partial charge in [0, 0.05) is 6.42 Å². The first kappa shape index (κ1) is 29.7. The van der Waals surface area contributed by atoms with E-state index in [1.165, 1.54) is 6.92 Å². The van der Waals surface area contributed by atoms with Gasteiger partial charge in [0.05, 0.1) is 12.5 Å². The first-order chi connectivity index (χ1) is 15.1. The second-order valence-corrected chi connectivity index (χ2v) is 8.02. The Hall–Kier alpha value is -3.26. The maximum absolute atomic E-state index is 12.8. The number of hydrogen-bond donors (Lipinski definition) is 8. The molecule has 14 heteroatoms. The van der Waals surface area contributed by atoms with Gasteiger partial charge in [-0.05, 0) is 25.7 Å². The van der Waals surface area contributed by atoms with E-state index in [4.69, 9.17) is 21.7 Å². The minimum absolute atomic E-state index is 0.0892. The Morgan fingerprint density at radius 3 is 1.73 bits per heavy atom. The summed E-state index contributed by atoms with van der Waals surface area (Å²) in [5.74, 6) is -6.65. The number of carboxylic acids is 2. The molecule has 0 aliphatic carbocycles. The van der Waals surface area contributed by atoms with Crippen molar-refractivity contribution in [2.24, 2.45) is 17.4 Å². The molecule has 5 atom stereocenters. The molecule has 0 aromatic rings. The predicted octanol–water partition coefficient (Wildman–Crippen LogP) is -2.98. The summed E-state index contributed by atoms with van der Waals surface area (Å²) in [6, 6.07) is -5.70. The van der Waals surface area contributed by atoms with Gasteiger partial charge in [0.15, 0.2) is 0 Å². The standard InChI is InChI=1S/C19H33N5O9/c1-8(2)6-11(23-18(31)15(21)9(3)25)17(30)22-10(4-5-13(20)26)16(29)24-12(19(32)33)7-14(27)28/h8-12,15,25H,4-7,21H2,1-3H3,(H2,20,26)(H,22,30)(H,23,31)(H,24,29)(H,27,28)(H,32,33). The molecule has 0 saturated heterocycles. The molecule has 14 nitrogen and oxygen atoms in total. The Balaban J connectivity index is 5.61. The summed E-state index contributed by atoms with van der Waals surface area (Å²) in [7, 11) is 0. The van der Waals surface area contributed by atoms with Crippen LogP contribution < -0.4 is 27.4 Å². The van der Waals surface area contributed by atoms with Crippen molar-refractivity contribution in [2.75, 3.05) is 0 Å². The van der Waals surface area contributed by atoms with Gasteiger partial charge >= 0.3 is 11.9 Å². The van der Waals surface area contributed by atoms with Crippen molar-refractivity contribution in [1.82, 2.24) is 16.0 Å². The Labute approximate surface area is 190 Å². The van der Waals surface area contributed by atoms with E-state index in [9.17, 15) is 33.9 Å². The average molecular weight is 475 g/mol. The number of nitrogens with one attached hydrogen (secondary N) is 3. The van der Waals surface area contributed by atoms with Gasteiger partial charge in [-0.25, -0.2) is 4.79 Å². The summed E-state index contributed by atoms with van der Waals surface area (Å²) >= 11 is 0. The Morgan fingerprint density at radius 1 is 0.818 bits per heavy atom. The third kappa shape index (κ3) is 11.8. The molecule has 4 amide bonds. The van der Waals surface area contributed by atoms with Crippen molar-refractivity contribution in [3.05, 3.63) is 0 Å². The van der Waals surface area contributed by atoms with Crippen molar-refractivity contribution < 1.29 is 44.1 Å². The number of carbonyl (C=O) groups is 6. The van der Waals surface area contributed by atoms with Crippen LogP contribution in [0, 0.1) is 5.92 Å². The fraction of sp³-hybridized carbons (Fsp3) is 0.684. The highest BCUT2D eigenvalue weighted by molar-refractivity contribution is 5.95. The summed E-state index contributed by atoms with van der Waals surface area (Å²) in [6.07, 6.45) is -2.62. The molecule has 0 heterocycles. The number of primary amides is 1. The first-order valence-electron chi connectivity index (χ1n) is 10.2. The number of hydrogen-bond acceptors (Lipinski definition) is 8. The zero-order valence-corrected chi connectivity index (χ0v) is 18.7. The lowest BCUT2D eigenvalue weighted by Gasteiger charge is -2.26. The van der Waals surface area contributed by atoms with Crippen LogP contribution in [0.2, 0.25) is 0 Å². The van der Waals surface area contributed by atoms with Gasteiger partial charge in [-0.1, -0.05) is 13.8 Å². The second kappa shape index (κ2) is 14.0. The number of nitrogens with two attached hydrogens (primary N) is 2. The smallest absolute Gasteiger partial charge is 0.326 e. The van der Waals surface area contributed by atoms with E-state index in [-0.39, 0.29) is 25.2 Å². The molecule has 33 heavy (non-hydrogen) atoms. The van der Waals surface area contributed by atoms with Crippen molar-refractivity contribution in [3.63, 3.8) is 0 Å². The number of aliphatic hydroxyl groups excluding tert-OH is 1.